The Morgan fingerprint density at radius 2 is 1.79 bits per heavy atom. The summed E-state index contributed by atoms with van der Waals surface area (Å²) in [5, 5.41) is 2.68. The van der Waals surface area contributed by atoms with Crippen LogP contribution < -0.4 is 14.8 Å². The molecule has 0 aromatic heterocycles. The van der Waals surface area contributed by atoms with E-state index in [0.717, 1.165) is 6.42 Å². The van der Waals surface area contributed by atoms with Gasteiger partial charge in [-0.1, -0.05) is 13.0 Å². The van der Waals surface area contributed by atoms with Gasteiger partial charge in [-0.2, -0.15) is 0 Å². The van der Waals surface area contributed by atoms with Crippen molar-refractivity contribution in [3.8, 4) is 5.75 Å². The molecule has 2 N–H and O–H groups in total. The van der Waals surface area contributed by atoms with Gasteiger partial charge in [0.1, 0.15) is 5.75 Å². The van der Waals surface area contributed by atoms with Gasteiger partial charge in [-0.15, -0.1) is 0 Å². The molecule has 9 heteroatoms. The van der Waals surface area contributed by atoms with Crippen molar-refractivity contribution < 1.29 is 27.5 Å². The molecule has 2 aromatic rings. The Hall–Kier alpha value is -3.07. The fourth-order valence-electron chi connectivity index (χ4n) is 2.30. The number of carbonyl (C=O) groups is 2. The molecule has 1 amide bonds. The Morgan fingerprint density at radius 3 is 2.41 bits per heavy atom. The molecule has 0 unspecified atom stereocenters. The minimum absolute atomic E-state index is 0.0268. The Labute approximate surface area is 170 Å². The number of anilines is 1. The molecular weight excluding hydrogens is 396 g/mol. The molecule has 1 atom stereocenters. The highest BCUT2D eigenvalue weighted by atomic mass is 32.2. The quantitative estimate of drug-likeness (QED) is 0.603. The Balaban J connectivity index is 2.06. The lowest BCUT2D eigenvalue weighted by molar-refractivity contribution is -0.124. The second kappa shape index (κ2) is 9.92. The molecule has 0 saturated heterocycles. The second-order valence-electron chi connectivity index (χ2n) is 6.31. The molecule has 0 fully saturated rings. The number of carbonyl (C=O) groups excluding carboxylic acids is 2. The van der Waals surface area contributed by atoms with Gasteiger partial charge in [-0.3, -0.25) is 9.52 Å². The van der Waals surface area contributed by atoms with Crippen LogP contribution in [0.5, 0.6) is 5.75 Å². The molecule has 0 heterocycles. The predicted molar refractivity (Wildman–Crippen MR) is 108 cm³/mol. The van der Waals surface area contributed by atoms with E-state index in [1.165, 1.54) is 31.4 Å². The zero-order valence-corrected chi connectivity index (χ0v) is 17.3. The zero-order chi connectivity index (χ0) is 21.4. The molecule has 0 aliphatic heterocycles. The van der Waals surface area contributed by atoms with Gasteiger partial charge in [0.05, 0.1) is 17.6 Å². The minimum Gasteiger partial charge on any atom is -0.497 e. The molecular formula is C20H24N2O6S. The molecule has 0 spiro atoms. The van der Waals surface area contributed by atoms with Crippen molar-refractivity contribution in [1.29, 1.82) is 0 Å². The monoisotopic (exact) mass is 420 g/mol. The van der Waals surface area contributed by atoms with Gasteiger partial charge >= 0.3 is 5.97 Å². The molecule has 0 radical (unpaired) electrons. The summed E-state index contributed by atoms with van der Waals surface area (Å²) in [6, 6.07) is 11.7. The number of sulfonamides is 1. The molecule has 0 aliphatic carbocycles. The highest BCUT2D eigenvalue weighted by molar-refractivity contribution is 7.92. The van der Waals surface area contributed by atoms with E-state index in [1.54, 1.807) is 24.3 Å². The van der Waals surface area contributed by atoms with E-state index >= 15 is 0 Å². The standard InChI is InChI=1S/C20H24N2O6S/c1-4-14(2)21-19(23)13-28-20(24)15-6-5-7-18(12-15)29(25,26)22-16-8-10-17(27-3)11-9-16/h5-12,14,22H,4,13H2,1-3H3,(H,21,23)/t14-/m1/s1. The van der Waals surface area contributed by atoms with Crippen molar-refractivity contribution in [3.05, 3.63) is 54.1 Å². The third kappa shape index (κ3) is 6.49. The van der Waals surface area contributed by atoms with Gasteiger partial charge in [-0.25, -0.2) is 13.2 Å². The Morgan fingerprint density at radius 1 is 1.10 bits per heavy atom. The van der Waals surface area contributed by atoms with Crippen LogP contribution >= 0.6 is 0 Å². The summed E-state index contributed by atoms with van der Waals surface area (Å²) >= 11 is 0. The van der Waals surface area contributed by atoms with Crippen molar-refractivity contribution in [2.75, 3.05) is 18.4 Å². The average Bonchev–Trinajstić information content (AvgIpc) is 2.72. The summed E-state index contributed by atoms with van der Waals surface area (Å²) < 4.78 is 37.6. The lowest BCUT2D eigenvalue weighted by atomic mass is 10.2. The van der Waals surface area contributed by atoms with Gasteiger partial charge in [0.2, 0.25) is 0 Å². The SMILES string of the molecule is CC[C@@H](C)NC(=O)COC(=O)c1cccc(S(=O)(=O)Nc2ccc(OC)cc2)c1. The smallest absolute Gasteiger partial charge is 0.338 e. The first-order valence-corrected chi connectivity index (χ1v) is 10.5. The van der Waals surface area contributed by atoms with Crippen LogP contribution in [-0.2, 0) is 19.6 Å². The Kier molecular flexibility index (Phi) is 7.60. The van der Waals surface area contributed by atoms with Crippen LogP contribution in [0.4, 0.5) is 5.69 Å². The molecule has 2 rings (SSSR count). The summed E-state index contributed by atoms with van der Waals surface area (Å²) in [6.07, 6.45) is 0.751. The number of amides is 1. The van der Waals surface area contributed by atoms with Gasteiger partial charge in [0, 0.05) is 11.7 Å². The number of hydrogen-bond donors (Lipinski definition) is 2. The first kappa shape index (κ1) is 22.2. The number of hydrogen-bond acceptors (Lipinski definition) is 6. The van der Waals surface area contributed by atoms with Crippen LogP contribution in [0.15, 0.2) is 53.4 Å². The van der Waals surface area contributed by atoms with Crippen LogP contribution in [0.1, 0.15) is 30.6 Å². The van der Waals surface area contributed by atoms with Crippen LogP contribution in [0, 0.1) is 0 Å². The molecule has 156 valence electrons. The Bertz CT molecular complexity index is 957. The third-order valence-corrected chi connectivity index (χ3v) is 5.46. The molecule has 29 heavy (non-hydrogen) atoms. The zero-order valence-electron chi connectivity index (χ0n) is 16.5. The molecule has 0 aliphatic rings. The van der Waals surface area contributed by atoms with Crippen molar-refractivity contribution >= 4 is 27.6 Å². The normalized spacial score (nSPS) is 12.0. The predicted octanol–water partition coefficient (Wildman–Crippen LogP) is 2.57. The maximum absolute atomic E-state index is 12.6. The molecule has 0 saturated carbocycles. The molecule has 2 aromatic carbocycles. The van der Waals surface area contributed by atoms with Crippen LogP contribution in [0.2, 0.25) is 0 Å². The van der Waals surface area contributed by atoms with Crippen molar-refractivity contribution in [2.45, 2.75) is 31.2 Å². The van der Waals surface area contributed by atoms with E-state index in [9.17, 15) is 18.0 Å². The van der Waals surface area contributed by atoms with E-state index in [2.05, 4.69) is 10.0 Å². The van der Waals surface area contributed by atoms with Crippen LogP contribution in [0.3, 0.4) is 0 Å². The topological polar surface area (TPSA) is 111 Å². The number of ether oxygens (including phenoxy) is 2. The number of methoxy groups -OCH3 is 1. The van der Waals surface area contributed by atoms with Crippen molar-refractivity contribution in [2.24, 2.45) is 0 Å². The lowest BCUT2D eigenvalue weighted by Gasteiger charge is -2.12. The van der Waals surface area contributed by atoms with E-state index in [-0.39, 0.29) is 16.5 Å². The van der Waals surface area contributed by atoms with Crippen LogP contribution in [0.25, 0.3) is 0 Å². The number of benzene rings is 2. The van der Waals surface area contributed by atoms with E-state index in [1.807, 2.05) is 13.8 Å². The molecule has 0 bridgehead atoms. The fraction of sp³-hybridized carbons (Fsp3) is 0.300. The maximum Gasteiger partial charge on any atom is 0.338 e. The number of rotatable bonds is 9. The largest absolute Gasteiger partial charge is 0.497 e. The van der Waals surface area contributed by atoms with E-state index in [4.69, 9.17) is 9.47 Å². The first-order chi connectivity index (χ1) is 13.7. The summed E-state index contributed by atoms with van der Waals surface area (Å²) in [4.78, 5) is 23.8. The van der Waals surface area contributed by atoms with Gasteiger partial charge in [0.25, 0.3) is 15.9 Å². The van der Waals surface area contributed by atoms with Crippen LogP contribution in [-0.4, -0.2) is 40.1 Å². The molecule has 8 nitrogen and oxygen atoms in total. The number of esters is 1. The lowest BCUT2D eigenvalue weighted by Crippen LogP contribution is -2.35. The maximum atomic E-state index is 12.6. The second-order valence-corrected chi connectivity index (χ2v) is 8.00. The van der Waals surface area contributed by atoms with Gasteiger partial charge in [-0.05, 0) is 55.8 Å². The number of nitrogens with one attached hydrogen (secondary N) is 2. The van der Waals surface area contributed by atoms with E-state index < -0.39 is 28.5 Å². The van der Waals surface area contributed by atoms with Gasteiger partial charge < -0.3 is 14.8 Å². The third-order valence-electron chi connectivity index (χ3n) is 4.08. The highest BCUT2D eigenvalue weighted by Crippen LogP contribution is 2.20. The van der Waals surface area contributed by atoms with Crippen molar-refractivity contribution in [1.82, 2.24) is 5.32 Å². The van der Waals surface area contributed by atoms with Gasteiger partial charge in [0.15, 0.2) is 6.61 Å². The summed E-state index contributed by atoms with van der Waals surface area (Å²) in [5.41, 5.74) is 0.374. The fourth-order valence-corrected chi connectivity index (χ4v) is 3.40. The highest BCUT2D eigenvalue weighted by Gasteiger charge is 2.18. The minimum atomic E-state index is -3.92. The summed E-state index contributed by atoms with van der Waals surface area (Å²) in [5.74, 6) is -0.612. The van der Waals surface area contributed by atoms with E-state index in [0.29, 0.717) is 11.4 Å². The first-order valence-electron chi connectivity index (χ1n) is 8.98. The van der Waals surface area contributed by atoms with Crippen molar-refractivity contribution in [3.63, 3.8) is 0 Å². The summed E-state index contributed by atoms with van der Waals surface area (Å²) in [7, 11) is -2.41. The summed E-state index contributed by atoms with van der Waals surface area (Å²) in [6.45, 7) is 3.32. The average molecular weight is 420 g/mol.